The molecule has 0 radical (unpaired) electrons. The molecule has 0 aromatic carbocycles. The van der Waals surface area contributed by atoms with Crippen molar-refractivity contribution >= 4 is 11.6 Å². The minimum absolute atomic E-state index is 0.557. The summed E-state index contributed by atoms with van der Waals surface area (Å²) < 4.78 is 0. The van der Waals surface area contributed by atoms with Gasteiger partial charge in [0.15, 0.2) is 0 Å². The van der Waals surface area contributed by atoms with E-state index in [1.165, 1.54) is 0 Å². The molecule has 1 saturated heterocycles. The van der Waals surface area contributed by atoms with Gasteiger partial charge in [0.1, 0.15) is 0 Å². The summed E-state index contributed by atoms with van der Waals surface area (Å²) in [4.78, 5) is 4.64. The SMILES string of the molecule is C/C(Cl)=C(\C=C/CN)N1CCN(C)CC1. The predicted octanol–water partition coefficient (Wildman–Crippen LogP) is 1.22. The molecular weight excluding hydrogens is 210 g/mol. The van der Waals surface area contributed by atoms with Crippen molar-refractivity contribution in [3.8, 4) is 0 Å². The van der Waals surface area contributed by atoms with Crippen LogP contribution < -0.4 is 5.73 Å². The van der Waals surface area contributed by atoms with Crippen LogP contribution in [0.4, 0.5) is 0 Å². The highest BCUT2D eigenvalue weighted by molar-refractivity contribution is 6.29. The Bertz CT molecular complexity index is 249. The summed E-state index contributed by atoms with van der Waals surface area (Å²) in [5, 5.41) is 0.837. The van der Waals surface area contributed by atoms with Gasteiger partial charge in [0.25, 0.3) is 0 Å². The van der Waals surface area contributed by atoms with Crippen molar-refractivity contribution in [1.29, 1.82) is 0 Å². The van der Waals surface area contributed by atoms with Crippen LogP contribution in [0.5, 0.6) is 0 Å². The lowest BCUT2D eigenvalue weighted by molar-refractivity contribution is 0.189. The first-order valence-corrected chi connectivity index (χ1v) is 5.69. The predicted molar refractivity (Wildman–Crippen MR) is 65.8 cm³/mol. The zero-order valence-electron chi connectivity index (χ0n) is 9.54. The first-order chi connectivity index (χ1) is 7.15. The van der Waals surface area contributed by atoms with Gasteiger partial charge in [-0.05, 0) is 20.0 Å². The Morgan fingerprint density at radius 3 is 2.40 bits per heavy atom. The molecule has 15 heavy (non-hydrogen) atoms. The highest BCUT2D eigenvalue weighted by Crippen LogP contribution is 2.17. The van der Waals surface area contributed by atoms with Gasteiger partial charge in [0.05, 0.1) is 5.70 Å². The second-order valence-corrected chi connectivity index (χ2v) is 4.41. The average Bonchev–Trinajstić information content (AvgIpc) is 2.21. The molecule has 1 rings (SSSR count). The third-order valence-electron chi connectivity index (χ3n) is 2.61. The molecule has 0 saturated carbocycles. The lowest BCUT2D eigenvalue weighted by Gasteiger charge is -2.35. The molecule has 1 aliphatic rings. The molecule has 0 aromatic rings. The molecule has 1 heterocycles. The van der Waals surface area contributed by atoms with Gasteiger partial charge >= 0.3 is 0 Å². The van der Waals surface area contributed by atoms with Crippen LogP contribution in [0.15, 0.2) is 22.9 Å². The van der Waals surface area contributed by atoms with Gasteiger partial charge < -0.3 is 15.5 Å². The van der Waals surface area contributed by atoms with Crippen molar-refractivity contribution in [1.82, 2.24) is 9.80 Å². The number of likely N-dealkylation sites (N-methyl/N-ethyl adjacent to an activating group) is 1. The van der Waals surface area contributed by atoms with Crippen molar-refractivity contribution in [3.05, 3.63) is 22.9 Å². The lowest BCUT2D eigenvalue weighted by Crippen LogP contribution is -2.43. The summed E-state index contributed by atoms with van der Waals surface area (Å²) in [5.74, 6) is 0. The summed E-state index contributed by atoms with van der Waals surface area (Å²) in [6.07, 6.45) is 3.97. The quantitative estimate of drug-likeness (QED) is 0.739. The molecule has 0 aromatic heterocycles. The number of rotatable bonds is 3. The van der Waals surface area contributed by atoms with E-state index in [0.717, 1.165) is 36.9 Å². The molecule has 2 N–H and O–H groups in total. The van der Waals surface area contributed by atoms with E-state index in [1.807, 2.05) is 19.1 Å². The molecule has 4 heteroatoms. The van der Waals surface area contributed by atoms with Gasteiger partial charge in [0, 0.05) is 37.8 Å². The Morgan fingerprint density at radius 2 is 1.93 bits per heavy atom. The zero-order valence-corrected chi connectivity index (χ0v) is 10.3. The van der Waals surface area contributed by atoms with Crippen molar-refractivity contribution in [2.45, 2.75) is 6.92 Å². The summed E-state index contributed by atoms with van der Waals surface area (Å²) in [5.41, 5.74) is 6.56. The number of nitrogens with zero attached hydrogens (tertiary/aromatic N) is 2. The van der Waals surface area contributed by atoms with Crippen molar-refractivity contribution in [2.24, 2.45) is 5.73 Å². The Balaban J connectivity index is 2.66. The van der Waals surface area contributed by atoms with E-state index in [-0.39, 0.29) is 0 Å². The summed E-state index contributed by atoms with van der Waals surface area (Å²) in [6, 6.07) is 0. The van der Waals surface area contributed by atoms with Crippen LogP contribution in [0.2, 0.25) is 0 Å². The summed E-state index contributed by atoms with van der Waals surface area (Å²) >= 11 is 6.08. The summed E-state index contributed by atoms with van der Waals surface area (Å²) in [6.45, 7) is 6.72. The van der Waals surface area contributed by atoms with E-state index in [4.69, 9.17) is 17.3 Å². The fourth-order valence-electron chi connectivity index (χ4n) is 1.67. The third kappa shape index (κ3) is 3.86. The van der Waals surface area contributed by atoms with E-state index in [9.17, 15) is 0 Å². The second-order valence-electron chi connectivity index (χ2n) is 3.85. The van der Waals surface area contributed by atoms with Crippen molar-refractivity contribution in [3.63, 3.8) is 0 Å². The fourth-order valence-corrected chi connectivity index (χ4v) is 1.85. The lowest BCUT2D eigenvalue weighted by atomic mass is 10.2. The monoisotopic (exact) mass is 229 g/mol. The van der Waals surface area contributed by atoms with Crippen molar-refractivity contribution < 1.29 is 0 Å². The molecule has 0 atom stereocenters. The highest BCUT2D eigenvalue weighted by atomic mass is 35.5. The van der Waals surface area contributed by atoms with Crippen LogP contribution in [0, 0.1) is 0 Å². The van der Waals surface area contributed by atoms with E-state index in [0.29, 0.717) is 6.54 Å². The van der Waals surface area contributed by atoms with Crippen LogP contribution in [-0.2, 0) is 0 Å². The van der Waals surface area contributed by atoms with Gasteiger partial charge in [-0.2, -0.15) is 0 Å². The normalized spacial score (nSPS) is 20.9. The number of halogens is 1. The molecule has 1 aliphatic heterocycles. The van der Waals surface area contributed by atoms with E-state index in [2.05, 4.69) is 16.8 Å². The van der Waals surface area contributed by atoms with Crippen LogP contribution in [0.1, 0.15) is 6.92 Å². The Morgan fingerprint density at radius 1 is 1.33 bits per heavy atom. The molecule has 1 fully saturated rings. The Hall–Kier alpha value is -0.510. The fraction of sp³-hybridized carbons (Fsp3) is 0.636. The Kier molecular flexibility index (Phi) is 5.15. The summed E-state index contributed by atoms with van der Waals surface area (Å²) in [7, 11) is 2.14. The average molecular weight is 230 g/mol. The van der Waals surface area contributed by atoms with E-state index >= 15 is 0 Å². The number of nitrogens with two attached hydrogens (primary N) is 1. The largest absolute Gasteiger partial charge is 0.368 e. The molecule has 3 nitrogen and oxygen atoms in total. The second kappa shape index (κ2) is 6.16. The maximum absolute atomic E-state index is 6.08. The number of allylic oxidation sites excluding steroid dienone is 2. The number of piperazine rings is 1. The number of hydrogen-bond acceptors (Lipinski definition) is 3. The van der Waals surface area contributed by atoms with Gasteiger partial charge in [-0.1, -0.05) is 17.7 Å². The first kappa shape index (κ1) is 12.6. The minimum Gasteiger partial charge on any atom is -0.368 e. The molecule has 0 spiro atoms. The van der Waals surface area contributed by atoms with Crippen LogP contribution in [-0.4, -0.2) is 49.6 Å². The van der Waals surface area contributed by atoms with Gasteiger partial charge in [-0.25, -0.2) is 0 Å². The maximum Gasteiger partial charge on any atom is 0.0508 e. The van der Waals surface area contributed by atoms with Crippen LogP contribution >= 0.6 is 11.6 Å². The Labute approximate surface area is 97.2 Å². The van der Waals surface area contributed by atoms with E-state index < -0.39 is 0 Å². The molecule has 86 valence electrons. The molecular formula is C11H20ClN3. The molecule has 0 bridgehead atoms. The first-order valence-electron chi connectivity index (χ1n) is 5.31. The van der Waals surface area contributed by atoms with Gasteiger partial charge in [0.2, 0.25) is 0 Å². The standard InChI is InChI=1S/C11H20ClN3/c1-10(12)11(4-3-5-13)15-8-6-14(2)7-9-15/h3-4H,5-9,13H2,1-2H3/b4-3-,11-10-. The zero-order chi connectivity index (χ0) is 11.3. The number of hydrogen-bond donors (Lipinski definition) is 1. The topological polar surface area (TPSA) is 32.5 Å². The van der Waals surface area contributed by atoms with Gasteiger partial charge in [-0.15, -0.1) is 0 Å². The third-order valence-corrected chi connectivity index (χ3v) is 2.80. The highest BCUT2D eigenvalue weighted by Gasteiger charge is 2.15. The minimum atomic E-state index is 0.557. The van der Waals surface area contributed by atoms with Crippen LogP contribution in [0.25, 0.3) is 0 Å². The molecule has 0 unspecified atom stereocenters. The van der Waals surface area contributed by atoms with Gasteiger partial charge in [-0.3, -0.25) is 0 Å². The maximum atomic E-state index is 6.08. The van der Waals surface area contributed by atoms with E-state index in [1.54, 1.807) is 0 Å². The van der Waals surface area contributed by atoms with Crippen molar-refractivity contribution in [2.75, 3.05) is 39.8 Å². The molecule has 0 aliphatic carbocycles. The molecule has 0 amide bonds. The smallest absolute Gasteiger partial charge is 0.0508 e. The van der Waals surface area contributed by atoms with Crippen LogP contribution in [0.3, 0.4) is 0 Å².